The van der Waals surface area contributed by atoms with Gasteiger partial charge in [0.1, 0.15) is 0 Å². The van der Waals surface area contributed by atoms with Gasteiger partial charge in [-0.3, -0.25) is 0 Å². The molecule has 11 rings (SSSR count). The summed E-state index contributed by atoms with van der Waals surface area (Å²) in [4.78, 5) is 0. The van der Waals surface area contributed by atoms with Crippen LogP contribution in [0.3, 0.4) is 0 Å². The lowest BCUT2D eigenvalue weighted by molar-refractivity contribution is 0.332. The maximum absolute atomic E-state index is 2.59. The highest BCUT2D eigenvalue weighted by atomic mass is 32.1. The number of rotatable bonds is 2. The summed E-state index contributed by atoms with van der Waals surface area (Å²) in [6.07, 6.45) is 2.38. The molecule has 246 valence electrons. The van der Waals surface area contributed by atoms with Crippen LogP contribution in [0.1, 0.15) is 51.7 Å². The van der Waals surface area contributed by atoms with Gasteiger partial charge in [0.2, 0.25) is 0 Å². The predicted octanol–water partition coefficient (Wildman–Crippen LogP) is 13.8. The standard InChI is InChI=1S/C48H38N2S/c1-47(2)24-25-48(3,4)38-28-40-36(27-37(38)47)44-33-18-9-8-17-32(33)43-34-19-10-12-20-39(34)50(45(43)46(44)49(40)29-14-6-5-7-15-29)30-22-23-42-35(26-30)31-16-11-13-21-41(31)51-42/h5-23,26-28H,24-25H2,1-4H3. The van der Waals surface area contributed by atoms with Crippen molar-refractivity contribution in [2.45, 2.75) is 51.4 Å². The van der Waals surface area contributed by atoms with E-state index in [1.54, 1.807) is 0 Å². The Morgan fingerprint density at radius 1 is 0.431 bits per heavy atom. The average molecular weight is 675 g/mol. The molecule has 0 atom stereocenters. The zero-order valence-corrected chi connectivity index (χ0v) is 30.2. The first-order valence-corrected chi connectivity index (χ1v) is 19.1. The minimum atomic E-state index is 0.0992. The van der Waals surface area contributed by atoms with Crippen LogP contribution in [-0.2, 0) is 10.8 Å². The van der Waals surface area contributed by atoms with Crippen LogP contribution in [0.2, 0.25) is 0 Å². The van der Waals surface area contributed by atoms with Gasteiger partial charge in [-0.2, -0.15) is 0 Å². The van der Waals surface area contributed by atoms with Gasteiger partial charge in [-0.05, 0) is 100 Å². The number of aromatic nitrogens is 2. The van der Waals surface area contributed by atoms with Crippen LogP contribution in [0.15, 0.2) is 133 Å². The number of para-hydroxylation sites is 2. The third-order valence-electron chi connectivity index (χ3n) is 12.1. The van der Waals surface area contributed by atoms with E-state index in [4.69, 9.17) is 0 Å². The highest BCUT2D eigenvalue weighted by Crippen LogP contribution is 2.51. The minimum Gasteiger partial charge on any atom is -0.307 e. The molecule has 51 heavy (non-hydrogen) atoms. The summed E-state index contributed by atoms with van der Waals surface area (Å²) >= 11 is 1.88. The molecular weight excluding hydrogens is 637 g/mol. The Morgan fingerprint density at radius 3 is 1.71 bits per heavy atom. The molecule has 3 heterocycles. The van der Waals surface area contributed by atoms with Crippen LogP contribution in [-0.4, -0.2) is 9.13 Å². The van der Waals surface area contributed by atoms with Gasteiger partial charge < -0.3 is 9.13 Å². The van der Waals surface area contributed by atoms with Crippen LogP contribution in [0.25, 0.3) is 85.9 Å². The fourth-order valence-electron chi connectivity index (χ4n) is 9.47. The normalized spacial score (nSPS) is 15.6. The molecule has 1 aliphatic carbocycles. The van der Waals surface area contributed by atoms with Gasteiger partial charge in [-0.25, -0.2) is 0 Å². The smallest absolute Gasteiger partial charge is 0.0795 e. The van der Waals surface area contributed by atoms with E-state index in [-0.39, 0.29) is 10.8 Å². The Bertz CT molecular complexity index is 3080. The fourth-order valence-corrected chi connectivity index (χ4v) is 10.6. The topological polar surface area (TPSA) is 9.86 Å². The lowest BCUT2D eigenvalue weighted by Gasteiger charge is -2.42. The fraction of sp³-hybridized carbons (Fsp3) is 0.167. The molecule has 0 bridgehead atoms. The van der Waals surface area contributed by atoms with E-state index in [2.05, 4.69) is 170 Å². The van der Waals surface area contributed by atoms with E-state index in [0.717, 1.165) is 0 Å². The summed E-state index contributed by atoms with van der Waals surface area (Å²) < 4.78 is 7.81. The molecule has 0 radical (unpaired) electrons. The number of hydrogen-bond donors (Lipinski definition) is 0. The van der Waals surface area contributed by atoms with E-state index in [9.17, 15) is 0 Å². The van der Waals surface area contributed by atoms with Gasteiger partial charge >= 0.3 is 0 Å². The molecule has 0 amide bonds. The molecule has 0 spiro atoms. The molecule has 7 aromatic carbocycles. The Hall–Kier alpha value is -5.38. The Labute approximate surface area is 301 Å². The summed E-state index contributed by atoms with van der Waals surface area (Å²) in [5.41, 5.74) is 10.6. The highest BCUT2D eigenvalue weighted by molar-refractivity contribution is 7.25. The second-order valence-corrected chi connectivity index (χ2v) is 17.1. The van der Waals surface area contributed by atoms with Gasteiger partial charge in [-0.1, -0.05) is 107 Å². The Balaban J connectivity index is 1.42. The zero-order valence-electron chi connectivity index (χ0n) is 29.4. The van der Waals surface area contributed by atoms with E-state index < -0.39 is 0 Å². The summed E-state index contributed by atoms with van der Waals surface area (Å²) in [5.74, 6) is 0. The molecule has 2 nitrogen and oxygen atoms in total. The molecule has 3 heteroatoms. The second-order valence-electron chi connectivity index (χ2n) is 16.0. The average Bonchev–Trinajstić information content (AvgIpc) is 3.81. The summed E-state index contributed by atoms with van der Waals surface area (Å²) in [6.45, 7) is 9.78. The number of nitrogens with zero attached hydrogens (tertiary/aromatic N) is 2. The number of hydrogen-bond acceptors (Lipinski definition) is 1. The van der Waals surface area contributed by atoms with Crippen LogP contribution < -0.4 is 0 Å². The van der Waals surface area contributed by atoms with Crippen molar-refractivity contribution in [3.63, 3.8) is 0 Å². The maximum atomic E-state index is 2.59. The molecule has 0 N–H and O–H groups in total. The quantitative estimate of drug-likeness (QED) is 0.173. The lowest BCUT2D eigenvalue weighted by Crippen LogP contribution is -2.33. The third kappa shape index (κ3) is 3.93. The molecule has 3 aromatic heterocycles. The van der Waals surface area contributed by atoms with Crippen molar-refractivity contribution in [1.82, 2.24) is 9.13 Å². The first kappa shape index (κ1) is 29.4. The van der Waals surface area contributed by atoms with E-state index in [1.807, 2.05) is 11.3 Å². The predicted molar refractivity (Wildman–Crippen MR) is 221 cm³/mol. The first-order chi connectivity index (χ1) is 24.8. The van der Waals surface area contributed by atoms with Gasteiger partial charge in [0, 0.05) is 53.1 Å². The van der Waals surface area contributed by atoms with Crippen LogP contribution in [0, 0.1) is 0 Å². The maximum Gasteiger partial charge on any atom is 0.0795 e. The Morgan fingerprint density at radius 2 is 0.980 bits per heavy atom. The molecular formula is C48H38N2S. The second kappa shape index (κ2) is 10.1. The van der Waals surface area contributed by atoms with Crippen molar-refractivity contribution in [2.24, 2.45) is 0 Å². The zero-order chi connectivity index (χ0) is 34.2. The van der Waals surface area contributed by atoms with Gasteiger partial charge in [0.05, 0.1) is 22.1 Å². The largest absolute Gasteiger partial charge is 0.307 e. The van der Waals surface area contributed by atoms with Crippen molar-refractivity contribution < 1.29 is 0 Å². The van der Waals surface area contributed by atoms with E-state index in [0.29, 0.717) is 0 Å². The first-order valence-electron chi connectivity index (χ1n) is 18.2. The summed E-state index contributed by atoms with van der Waals surface area (Å²) in [7, 11) is 0. The van der Waals surface area contributed by atoms with Crippen molar-refractivity contribution in [1.29, 1.82) is 0 Å². The highest BCUT2D eigenvalue weighted by Gasteiger charge is 2.38. The van der Waals surface area contributed by atoms with E-state index in [1.165, 1.54) is 110 Å². The van der Waals surface area contributed by atoms with Crippen LogP contribution >= 0.6 is 11.3 Å². The molecule has 1 aliphatic rings. The number of fused-ring (bicyclic) bond motifs is 14. The van der Waals surface area contributed by atoms with Crippen molar-refractivity contribution >= 4 is 85.9 Å². The Kier molecular flexibility index (Phi) is 5.82. The summed E-state index contributed by atoms with van der Waals surface area (Å²) in [6, 6.07) is 50.3. The summed E-state index contributed by atoms with van der Waals surface area (Å²) in [5, 5.41) is 10.5. The number of benzene rings is 7. The van der Waals surface area contributed by atoms with Crippen LogP contribution in [0.5, 0.6) is 0 Å². The molecule has 10 aromatic rings. The number of thiophene rings is 1. The van der Waals surface area contributed by atoms with Gasteiger partial charge in [0.15, 0.2) is 0 Å². The van der Waals surface area contributed by atoms with Crippen molar-refractivity contribution in [3.8, 4) is 11.4 Å². The van der Waals surface area contributed by atoms with Crippen LogP contribution in [0.4, 0.5) is 0 Å². The van der Waals surface area contributed by atoms with Gasteiger partial charge in [-0.15, -0.1) is 11.3 Å². The third-order valence-corrected chi connectivity index (χ3v) is 13.3. The minimum absolute atomic E-state index is 0.0992. The molecule has 0 aliphatic heterocycles. The molecule has 0 saturated carbocycles. The molecule has 0 unspecified atom stereocenters. The SMILES string of the molecule is CC1(C)CCC(C)(C)c2cc3c(cc21)c1c2ccccc2c2c4ccccc4n(-c4ccc5sc6ccccc6c5c4)c2c1n3-c1ccccc1. The van der Waals surface area contributed by atoms with Crippen molar-refractivity contribution in [3.05, 3.63) is 145 Å². The molecule has 0 fully saturated rings. The van der Waals surface area contributed by atoms with Crippen molar-refractivity contribution in [2.75, 3.05) is 0 Å². The van der Waals surface area contributed by atoms with E-state index >= 15 is 0 Å². The van der Waals surface area contributed by atoms with Gasteiger partial charge in [0.25, 0.3) is 0 Å². The monoisotopic (exact) mass is 674 g/mol. The lowest BCUT2D eigenvalue weighted by atomic mass is 9.63. The molecule has 0 saturated heterocycles.